The molecule has 0 spiro atoms. The van der Waals surface area contributed by atoms with Gasteiger partial charge in [0.1, 0.15) is 17.2 Å². The minimum Gasteiger partial charge on any atom is -0.508 e. The van der Waals surface area contributed by atoms with Gasteiger partial charge in [0, 0.05) is 36.7 Å². The minimum absolute atomic E-state index is 0.0667. The average molecular weight is 384 g/mol. The first-order valence-corrected chi connectivity index (χ1v) is 9.39. The molecule has 150 valence electrons. The fourth-order valence-corrected chi connectivity index (χ4v) is 2.83. The molecule has 1 heterocycles. The van der Waals surface area contributed by atoms with Crippen LogP contribution >= 0.6 is 0 Å². The number of Topliss-reactive ketones (excluding diaryl/α,β-unsaturated/α-hetero) is 1. The summed E-state index contributed by atoms with van der Waals surface area (Å²) >= 11 is 0. The minimum atomic E-state index is -0.372. The van der Waals surface area contributed by atoms with Crippen molar-refractivity contribution in [2.24, 2.45) is 0 Å². The number of nitrogens with zero attached hydrogens (tertiary/aromatic N) is 1. The maximum absolute atomic E-state index is 12.5. The molecule has 0 radical (unpaired) electrons. The van der Waals surface area contributed by atoms with E-state index in [9.17, 15) is 14.7 Å². The number of aryl methyl sites for hydroxylation is 1. The molecule has 0 bridgehead atoms. The van der Waals surface area contributed by atoms with E-state index in [4.69, 9.17) is 5.11 Å². The number of amides is 1. The number of rotatable bonds is 8. The lowest BCUT2D eigenvalue weighted by molar-refractivity contribution is -0.117. The maximum atomic E-state index is 12.5. The Morgan fingerprint density at radius 3 is 2.50 bits per heavy atom. The summed E-state index contributed by atoms with van der Waals surface area (Å²) < 4.78 is 0. The van der Waals surface area contributed by atoms with Crippen molar-refractivity contribution in [2.45, 2.75) is 52.0 Å². The Bertz CT molecular complexity index is 841. The van der Waals surface area contributed by atoms with Crippen molar-refractivity contribution in [1.82, 2.24) is 10.3 Å². The summed E-state index contributed by atoms with van der Waals surface area (Å²) in [5.74, 6) is -0.264. The van der Waals surface area contributed by atoms with Crippen LogP contribution in [0.5, 0.6) is 5.75 Å². The molecule has 2 aromatic rings. The van der Waals surface area contributed by atoms with E-state index in [1.165, 1.54) is 6.20 Å². The van der Waals surface area contributed by atoms with Crippen LogP contribution in [0, 0.1) is 0 Å². The Balaban J connectivity index is 2.05. The smallest absolute Gasteiger partial charge is 0.270 e. The molecule has 3 N–H and O–H groups in total. The summed E-state index contributed by atoms with van der Waals surface area (Å²) in [6.45, 7) is 5.76. The van der Waals surface area contributed by atoms with Crippen molar-refractivity contribution < 1.29 is 19.8 Å². The van der Waals surface area contributed by atoms with Crippen LogP contribution in [-0.4, -0.2) is 39.0 Å². The largest absolute Gasteiger partial charge is 0.508 e. The van der Waals surface area contributed by atoms with Gasteiger partial charge >= 0.3 is 0 Å². The fourth-order valence-electron chi connectivity index (χ4n) is 2.83. The second-order valence-corrected chi connectivity index (χ2v) is 7.94. The summed E-state index contributed by atoms with van der Waals surface area (Å²) in [5, 5.41) is 21.8. The van der Waals surface area contributed by atoms with E-state index in [2.05, 4.69) is 10.3 Å². The second kappa shape index (κ2) is 9.46. The topological polar surface area (TPSA) is 99.5 Å². The highest BCUT2D eigenvalue weighted by Crippen LogP contribution is 2.21. The molecule has 6 nitrogen and oxygen atoms in total. The lowest BCUT2D eigenvalue weighted by Gasteiger charge is -2.20. The predicted octanol–water partition coefficient (Wildman–Crippen LogP) is 2.59. The summed E-state index contributed by atoms with van der Waals surface area (Å²) in [7, 11) is 0. The number of nitrogens with one attached hydrogen (secondary N) is 1. The third kappa shape index (κ3) is 6.78. The first kappa shape index (κ1) is 21.6. The number of aliphatic hydroxyl groups excluding tert-OH is 1. The molecule has 0 unspecified atom stereocenters. The third-order valence-electron chi connectivity index (χ3n) is 4.10. The quantitative estimate of drug-likeness (QED) is 0.650. The van der Waals surface area contributed by atoms with Gasteiger partial charge < -0.3 is 15.5 Å². The van der Waals surface area contributed by atoms with Gasteiger partial charge in [-0.1, -0.05) is 12.1 Å². The monoisotopic (exact) mass is 384 g/mol. The molecule has 0 fully saturated rings. The van der Waals surface area contributed by atoms with Crippen LogP contribution in [0.3, 0.4) is 0 Å². The fraction of sp³-hybridized carbons (Fsp3) is 0.409. The predicted molar refractivity (Wildman–Crippen MR) is 107 cm³/mol. The van der Waals surface area contributed by atoms with Gasteiger partial charge in [-0.25, -0.2) is 0 Å². The lowest BCUT2D eigenvalue weighted by atomic mass is 9.99. The Hall–Kier alpha value is -2.73. The van der Waals surface area contributed by atoms with Crippen LogP contribution < -0.4 is 5.32 Å². The van der Waals surface area contributed by atoms with Gasteiger partial charge in [0.2, 0.25) is 0 Å². The van der Waals surface area contributed by atoms with E-state index in [1.807, 2.05) is 20.8 Å². The van der Waals surface area contributed by atoms with Gasteiger partial charge in [-0.05, 0) is 62.9 Å². The molecule has 1 aromatic carbocycles. The number of aromatic hydroxyl groups is 1. The first-order chi connectivity index (χ1) is 13.2. The molecule has 0 aliphatic heterocycles. The Morgan fingerprint density at radius 2 is 1.82 bits per heavy atom. The van der Waals surface area contributed by atoms with Crippen molar-refractivity contribution in [1.29, 1.82) is 0 Å². The van der Waals surface area contributed by atoms with Crippen LogP contribution in [0.4, 0.5) is 0 Å². The van der Waals surface area contributed by atoms with E-state index in [0.717, 1.165) is 5.56 Å². The number of carbonyl (C=O) groups is 2. The van der Waals surface area contributed by atoms with Crippen molar-refractivity contribution in [3.05, 3.63) is 58.9 Å². The average Bonchev–Trinajstić information content (AvgIpc) is 2.61. The molecular formula is C22H28N2O4. The SMILES string of the molecule is CC(C)(C)NC(=O)c1cc(CC(=O)Cc2cc(CCCO)ccc2O)ccn1. The zero-order valence-corrected chi connectivity index (χ0v) is 16.7. The number of benzene rings is 1. The van der Waals surface area contributed by atoms with Gasteiger partial charge in [0.05, 0.1) is 0 Å². The molecular weight excluding hydrogens is 356 g/mol. The molecule has 28 heavy (non-hydrogen) atoms. The molecule has 0 saturated heterocycles. The molecule has 6 heteroatoms. The van der Waals surface area contributed by atoms with E-state index in [0.29, 0.717) is 24.0 Å². The zero-order valence-electron chi connectivity index (χ0n) is 16.7. The van der Waals surface area contributed by atoms with Crippen LogP contribution in [0.15, 0.2) is 36.5 Å². The number of hydrogen-bond donors (Lipinski definition) is 3. The van der Waals surface area contributed by atoms with E-state index < -0.39 is 0 Å². The van der Waals surface area contributed by atoms with Gasteiger partial charge in [-0.2, -0.15) is 0 Å². The molecule has 0 aliphatic carbocycles. The van der Waals surface area contributed by atoms with Crippen LogP contribution in [0.25, 0.3) is 0 Å². The van der Waals surface area contributed by atoms with Crippen molar-refractivity contribution in [3.63, 3.8) is 0 Å². The molecule has 0 atom stereocenters. The Labute approximate surface area is 165 Å². The van der Waals surface area contributed by atoms with Crippen LogP contribution in [-0.2, 0) is 24.1 Å². The van der Waals surface area contributed by atoms with Crippen molar-refractivity contribution in [3.8, 4) is 5.75 Å². The number of carbonyl (C=O) groups excluding carboxylic acids is 2. The number of hydrogen-bond acceptors (Lipinski definition) is 5. The highest BCUT2D eigenvalue weighted by atomic mass is 16.3. The van der Waals surface area contributed by atoms with Crippen LogP contribution in [0.1, 0.15) is 54.4 Å². The van der Waals surface area contributed by atoms with E-state index in [1.54, 1.807) is 30.3 Å². The Kier molecular flexibility index (Phi) is 7.29. The highest BCUT2D eigenvalue weighted by molar-refractivity contribution is 5.93. The van der Waals surface area contributed by atoms with Crippen molar-refractivity contribution in [2.75, 3.05) is 6.61 Å². The first-order valence-electron chi connectivity index (χ1n) is 9.39. The van der Waals surface area contributed by atoms with Crippen molar-refractivity contribution >= 4 is 11.7 Å². The summed E-state index contributed by atoms with van der Waals surface area (Å²) in [6, 6.07) is 8.51. The highest BCUT2D eigenvalue weighted by Gasteiger charge is 2.17. The summed E-state index contributed by atoms with van der Waals surface area (Å²) in [4.78, 5) is 28.8. The van der Waals surface area contributed by atoms with Crippen LogP contribution in [0.2, 0.25) is 0 Å². The molecule has 0 aliphatic rings. The third-order valence-corrected chi connectivity index (χ3v) is 4.10. The zero-order chi connectivity index (χ0) is 20.7. The normalized spacial score (nSPS) is 11.3. The number of aromatic nitrogens is 1. The number of aliphatic hydroxyl groups is 1. The second-order valence-electron chi connectivity index (χ2n) is 7.94. The van der Waals surface area contributed by atoms with E-state index in [-0.39, 0.29) is 48.1 Å². The number of pyridine rings is 1. The molecule has 1 amide bonds. The lowest BCUT2D eigenvalue weighted by Crippen LogP contribution is -2.40. The number of ketones is 1. The number of phenols is 1. The maximum Gasteiger partial charge on any atom is 0.270 e. The van der Waals surface area contributed by atoms with Gasteiger partial charge in [-0.15, -0.1) is 0 Å². The summed E-state index contributed by atoms with van der Waals surface area (Å²) in [5.41, 5.74) is 2.15. The number of phenolic OH excluding ortho intramolecular Hbond substituents is 1. The molecule has 1 aromatic heterocycles. The van der Waals surface area contributed by atoms with Gasteiger partial charge in [0.15, 0.2) is 0 Å². The summed E-state index contributed by atoms with van der Waals surface area (Å²) in [6.07, 6.45) is 3.10. The van der Waals surface area contributed by atoms with Gasteiger partial charge in [-0.3, -0.25) is 14.6 Å². The van der Waals surface area contributed by atoms with E-state index >= 15 is 0 Å². The standard InChI is InChI=1S/C22H28N2O4/c1-22(2,3)24-21(28)19-13-16(8-9-23-19)12-18(26)14-17-11-15(5-4-10-25)6-7-20(17)27/h6-9,11,13,25,27H,4-5,10,12,14H2,1-3H3,(H,24,28). The van der Waals surface area contributed by atoms with Gasteiger partial charge in [0.25, 0.3) is 5.91 Å². The molecule has 0 saturated carbocycles. The molecule has 2 rings (SSSR count). The Morgan fingerprint density at radius 1 is 1.07 bits per heavy atom.